The van der Waals surface area contributed by atoms with Gasteiger partial charge in [0, 0.05) is 0 Å². The van der Waals surface area contributed by atoms with Crippen LogP contribution < -0.4 is 27.4 Å². The lowest BCUT2D eigenvalue weighted by Crippen LogP contribution is -2.57. The number of carbonyl (C=O) groups is 4. The van der Waals surface area contributed by atoms with E-state index in [0.717, 1.165) is 0 Å². The van der Waals surface area contributed by atoms with E-state index in [0.29, 0.717) is 38.0 Å². The molecule has 12 heteroatoms. The summed E-state index contributed by atoms with van der Waals surface area (Å²) in [7, 11) is 0. The lowest BCUT2D eigenvalue weighted by atomic mass is 10.0. The molecule has 0 heterocycles. The molecule has 0 aliphatic heterocycles. The van der Waals surface area contributed by atoms with Crippen molar-refractivity contribution in [2.24, 2.45) is 17.4 Å². The molecule has 0 aliphatic rings. The zero-order chi connectivity index (χ0) is 24.7. The van der Waals surface area contributed by atoms with E-state index in [4.69, 9.17) is 21.7 Å². The first-order chi connectivity index (χ1) is 15.1. The van der Waals surface area contributed by atoms with Crippen molar-refractivity contribution in [3.63, 3.8) is 0 Å². The van der Waals surface area contributed by atoms with Crippen LogP contribution in [0.25, 0.3) is 0 Å². The van der Waals surface area contributed by atoms with E-state index in [9.17, 15) is 19.2 Å². The van der Waals surface area contributed by atoms with E-state index >= 15 is 0 Å². The summed E-state index contributed by atoms with van der Waals surface area (Å²) >= 11 is 1.50. The Hall–Kier alpha value is -1.89. The zero-order valence-electron chi connectivity index (χ0n) is 19.1. The number of aliphatic carboxylic acids is 1. The first-order valence-electron chi connectivity index (χ1n) is 10.8. The lowest BCUT2D eigenvalue weighted by Gasteiger charge is -2.25. The van der Waals surface area contributed by atoms with Gasteiger partial charge in [0.05, 0.1) is 12.6 Å². The maximum Gasteiger partial charge on any atom is 0.328 e. The van der Waals surface area contributed by atoms with E-state index in [2.05, 4.69) is 16.0 Å². The van der Waals surface area contributed by atoms with Crippen molar-refractivity contribution in [2.75, 3.05) is 25.2 Å². The third kappa shape index (κ3) is 12.2. The smallest absolute Gasteiger partial charge is 0.328 e. The van der Waals surface area contributed by atoms with E-state index in [1.54, 1.807) is 0 Å². The molecule has 0 aromatic rings. The first kappa shape index (κ1) is 30.1. The molecule has 0 spiro atoms. The first-order valence-corrected chi connectivity index (χ1v) is 12.2. The average molecular weight is 478 g/mol. The van der Waals surface area contributed by atoms with Crippen molar-refractivity contribution in [3.8, 4) is 0 Å². The summed E-state index contributed by atoms with van der Waals surface area (Å²) < 4.78 is 0. The molecule has 4 unspecified atom stereocenters. The van der Waals surface area contributed by atoms with Gasteiger partial charge in [0.25, 0.3) is 0 Å². The van der Waals surface area contributed by atoms with Crippen LogP contribution in [0.2, 0.25) is 0 Å². The molecule has 0 aromatic heterocycles. The number of hydrogen-bond donors (Lipinski definition) is 7. The topological polar surface area (TPSA) is 197 Å². The Labute approximate surface area is 193 Å². The van der Waals surface area contributed by atoms with Crippen molar-refractivity contribution < 1.29 is 29.4 Å². The standard InChI is InChI=1S/C20H39N5O6S/c1-12(2)10-13(22)17(27)23-15(7-9-32-3)19(29)24-14(6-4-5-8-21)18(28)25-16(11-26)20(30)31/h12-16,26H,4-11,21-22H2,1-3H3,(H,23,27)(H,24,29)(H,25,28)(H,30,31). The van der Waals surface area contributed by atoms with Gasteiger partial charge in [0.1, 0.15) is 18.1 Å². The van der Waals surface area contributed by atoms with Crippen LogP contribution in [0.5, 0.6) is 0 Å². The van der Waals surface area contributed by atoms with Gasteiger partial charge in [-0.3, -0.25) is 14.4 Å². The highest BCUT2D eigenvalue weighted by Gasteiger charge is 2.29. The number of amides is 3. The van der Waals surface area contributed by atoms with Crippen LogP contribution >= 0.6 is 11.8 Å². The van der Waals surface area contributed by atoms with Gasteiger partial charge in [-0.2, -0.15) is 11.8 Å². The number of carbonyl (C=O) groups excluding carboxylic acids is 3. The van der Waals surface area contributed by atoms with E-state index in [1.807, 2.05) is 20.1 Å². The van der Waals surface area contributed by atoms with Crippen LogP contribution in [0.1, 0.15) is 46.0 Å². The highest BCUT2D eigenvalue weighted by atomic mass is 32.2. The van der Waals surface area contributed by atoms with Crippen molar-refractivity contribution >= 4 is 35.5 Å². The fourth-order valence-corrected chi connectivity index (χ4v) is 3.36. The number of aliphatic hydroxyl groups is 1. The van der Waals surface area contributed by atoms with Gasteiger partial charge in [-0.05, 0) is 56.6 Å². The van der Waals surface area contributed by atoms with Gasteiger partial charge < -0.3 is 37.6 Å². The van der Waals surface area contributed by atoms with Gasteiger partial charge in [0.15, 0.2) is 0 Å². The number of rotatable bonds is 17. The summed E-state index contributed by atoms with van der Waals surface area (Å²) in [6, 6.07) is -4.19. The molecule has 0 aromatic carbocycles. The Morgan fingerprint density at radius 2 is 1.44 bits per heavy atom. The molecule has 0 fully saturated rings. The van der Waals surface area contributed by atoms with Crippen molar-refractivity contribution in [1.29, 1.82) is 0 Å². The molecule has 0 aliphatic carbocycles. The molecule has 3 amide bonds. The van der Waals surface area contributed by atoms with Crippen LogP contribution in [0, 0.1) is 5.92 Å². The number of nitrogens with one attached hydrogen (secondary N) is 3. The van der Waals surface area contributed by atoms with E-state index < -0.39 is 54.5 Å². The molecule has 0 rings (SSSR count). The minimum Gasteiger partial charge on any atom is -0.480 e. The second-order valence-corrected chi connectivity index (χ2v) is 8.99. The minimum absolute atomic E-state index is 0.207. The number of carboxylic acids is 1. The molecule has 9 N–H and O–H groups in total. The summed E-state index contributed by atoms with van der Waals surface area (Å²) in [6.07, 6.45) is 4.02. The number of nitrogens with two attached hydrogens (primary N) is 2. The molecular weight excluding hydrogens is 438 g/mol. The normalized spacial score (nSPS) is 14.8. The largest absolute Gasteiger partial charge is 0.480 e. The van der Waals surface area contributed by atoms with Crippen LogP contribution in [-0.4, -0.2) is 83.2 Å². The van der Waals surface area contributed by atoms with Crippen molar-refractivity contribution in [3.05, 3.63) is 0 Å². The SMILES string of the molecule is CSCCC(NC(=O)C(N)CC(C)C)C(=O)NC(CCCCN)C(=O)NC(CO)C(=O)O. The molecule has 32 heavy (non-hydrogen) atoms. The minimum atomic E-state index is -1.49. The predicted molar refractivity (Wildman–Crippen MR) is 124 cm³/mol. The van der Waals surface area contributed by atoms with Crippen LogP contribution in [0.4, 0.5) is 0 Å². The van der Waals surface area contributed by atoms with Crippen molar-refractivity contribution in [1.82, 2.24) is 16.0 Å². The third-order valence-electron chi connectivity index (χ3n) is 4.68. The zero-order valence-corrected chi connectivity index (χ0v) is 20.0. The predicted octanol–water partition coefficient (Wildman–Crippen LogP) is -1.23. The lowest BCUT2D eigenvalue weighted by molar-refractivity contribution is -0.143. The Balaban J connectivity index is 5.35. The maximum absolute atomic E-state index is 12.9. The fourth-order valence-electron chi connectivity index (χ4n) is 2.89. The van der Waals surface area contributed by atoms with Gasteiger partial charge in [0.2, 0.25) is 17.7 Å². The summed E-state index contributed by atoms with van der Waals surface area (Å²) in [6.45, 7) is 3.49. The Bertz CT molecular complexity index is 607. The average Bonchev–Trinajstić information content (AvgIpc) is 2.72. The number of unbranched alkanes of at least 4 members (excludes halogenated alkanes) is 1. The van der Waals surface area contributed by atoms with Gasteiger partial charge in [-0.15, -0.1) is 0 Å². The maximum atomic E-state index is 12.9. The highest BCUT2D eigenvalue weighted by molar-refractivity contribution is 7.98. The number of hydrogen-bond acceptors (Lipinski definition) is 8. The molecule has 186 valence electrons. The second kappa shape index (κ2) is 16.7. The Kier molecular flexibility index (Phi) is 15.7. The van der Waals surface area contributed by atoms with Gasteiger partial charge in [-0.25, -0.2) is 4.79 Å². The molecule has 11 nitrogen and oxygen atoms in total. The van der Waals surface area contributed by atoms with E-state index in [1.165, 1.54) is 11.8 Å². The molecule has 0 bridgehead atoms. The van der Waals surface area contributed by atoms with Crippen molar-refractivity contribution in [2.45, 2.75) is 70.1 Å². The number of aliphatic hydroxyl groups excluding tert-OH is 1. The highest BCUT2D eigenvalue weighted by Crippen LogP contribution is 2.07. The van der Waals surface area contributed by atoms with E-state index in [-0.39, 0.29) is 12.3 Å². The summed E-state index contributed by atoms with van der Waals surface area (Å²) in [5.41, 5.74) is 11.4. The summed E-state index contributed by atoms with van der Waals surface area (Å²) in [5, 5.41) is 25.7. The second-order valence-electron chi connectivity index (χ2n) is 8.01. The molecular formula is C20H39N5O6S. The fraction of sp³-hybridized carbons (Fsp3) is 0.800. The molecule has 4 atom stereocenters. The summed E-state index contributed by atoms with van der Waals surface area (Å²) in [4.78, 5) is 49.1. The van der Waals surface area contributed by atoms with Crippen LogP contribution in [-0.2, 0) is 19.2 Å². The molecule has 0 saturated heterocycles. The third-order valence-corrected chi connectivity index (χ3v) is 5.33. The van der Waals surface area contributed by atoms with Crippen LogP contribution in [0.15, 0.2) is 0 Å². The molecule has 0 radical (unpaired) electrons. The monoisotopic (exact) mass is 477 g/mol. The quantitative estimate of drug-likeness (QED) is 0.125. The van der Waals surface area contributed by atoms with Gasteiger partial charge >= 0.3 is 5.97 Å². The molecule has 0 saturated carbocycles. The summed E-state index contributed by atoms with van der Waals surface area (Å²) in [5.74, 6) is -2.34. The van der Waals surface area contributed by atoms with Crippen LogP contribution in [0.3, 0.4) is 0 Å². The Morgan fingerprint density at radius 3 is 1.91 bits per heavy atom. The van der Waals surface area contributed by atoms with Gasteiger partial charge in [-0.1, -0.05) is 13.8 Å². The Morgan fingerprint density at radius 1 is 0.906 bits per heavy atom. The number of thioether (sulfide) groups is 1. The number of carboxylic acid groups (broad SMARTS) is 1.